The van der Waals surface area contributed by atoms with Crippen molar-refractivity contribution in [3.63, 3.8) is 0 Å². The van der Waals surface area contributed by atoms with E-state index < -0.39 is 0 Å². The molecule has 3 nitrogen and oxygen atoms in total. The third kappa shape index (κ3) is 1.27. The molecule has 0 bridgehead atoms. The van der Waals surface area contributed by atoms with Gasteiger partial charge in [0.1, 0.15) is 0 Å². The molecule has 0 spiro atoms. The van der Waals surface area contributed by atoms with Gasteiger partial charge >= 0.3 is 0 Å². The smallest absolute Gasteiger partial charge is 0.225 e. The molecule has 0 atom stereocenters. The normalized spacial score (nSPS) is 10.4. The van der Waals surface area contributed by atoms with Crippen LogP contribution >= 0.6 is 0 Å². The van der Waals surface area contributed by atoms with Gasteiger partial charge in [-0.05, 0) is 24.3 Å². The van der Waals surface area contributed by atoms with E-state index in [4.69, 9.17) is 0 Å². The molecule has 0 aliphatic heterocycles. The van der Waals surface area contributed by atoms with Crippen molar-refractivity contribution >= 4 is 5.78 Å². The Morgan fingerprint density at radius 1 is 1.00 bits per heavy atom. The zero-order valence-electron chi connectivity index (χ0n) is 8.27. The molecule has 0 saturated carbocycles. The van der Waals surface area contributed by atoms with Crippen LogP contribution in [-0.2, 0) is 14.1 Å². The van der Waals surface area contributed by atoms with Crippen LogP contribution in [0.2, 0.25) is 0 Å². The molecule has 0 fully saturated rings. The van der Waals surface area contributed by atoms with E-state index in [0.717, 1.165) is 0 Å². The lowest BCUT2D eigenvalue weighted by Crippen LogP contribution is -2.10. The molecule has 2 heterocycles. The average molecular weight is 188 g/mol. The van der Waals surface area contributed by atoms with Gasteiger partial charge in [-0.25, -0.2) is 0 Å². The fourth-order valence-electron chi connectivity index (χ4n) is 1.53. The highest BCUT2D eigenvalue weighted by Crippen LogP contribution is 2.09. The van der Waals surface area contributed by atoms with Crippen molar-refractivity contribution in [1.82, 2.24) is 9.13 Å². The summed E-state index contributed by atoms with van der Waals surface area (Å²) in [5.41, 5.74) is 1.43. The maximum Gasteiger partial charge on any atom is 0.225 e. The van der Waals surface area contributed by atoms with Crippen LogP contribution in [-0.4, -0.2) is 14.9 Å². The number of carbonyl (C=O) groups excluding carboxylic acids is 1. The van der Waals surface area contributed by atoms with E-state index in [9.17, 15) is 4.79 Å². The van der Waals surface area contributed by atoms with Crippen molar-refractivity contribution < 1.29 is 4.79 Å². The highest BCUT2D eigenvalue weighted by molar-refractivity contribution is 6.06. The first-order chi connectivity index (χ1) is 6.70. The van der Waals surface area contributed by atoms with E-state index in [2.05, 4.69) is 0 Å². The van der Waals surface area contributed by atoms with Crippen molar-refractivity contribution in [3.05, 3.63) is 48.0 Å². The molecule has 14 heavy (non-hydrogen) atoms. The Morgan fingerprint density at radius 2 is 1.43 bits per heavy atom. The summed E-state index contributed by atoms with van der Waals surface area (Å²) < 4.78 is 3.66. The van der Waals surface area contributed by atoms with E-state index in [1.165, 1.54) is 0 Å². The first-order valence-electron chi connectivity index (χ1n) is 4.47. The first kappa shape index (κ1) is 8.81. The number of aromatic nitrogens is 2. The summed E-state index contributed by atoms with van der Waals surface area (Å²) in [6, 6.07) is 7.40. The molecule has 0 aliphatic carbocycles. The van der Waals surface area contributed by atoms with Gasteiger partial charge < -0.3 is 9.13 Å². The number of carbonyl (C=O) groups is 1. The predicted molar refractivity (Wildman–Crippen MR) is 54.3 cm³/mol. The van der Waals surface area contributed by atoms with Crippen LogP contribution in [0.1, 0.15) is 16.2 Å². The Hall–Kier alpha value is -1.77. The van der Waals surface area contributed by atoms with Gasteiger partial charge in [-0.2, -0.15) is 0 Å². The van der Waals surface area contributed by atoms with Crippen molar-refractivity contribution in [2.75, 3.05) is 0 Å². The molecule has 0 radical (unpaired) electrons. The van der Waals surface area contributed by atoms with Crippen molar-refractivity contribution in [2.45, 2.75) is 0 Å². The van der Waals surface area contributed by atoms with Crippen LogP contribution in [0.3, 0.4) is 0 Å². The minimum absolute atomic E-state index is 0.0602. The third-order valence-electron chi connectivity index (χ3n) is 2.35. The monoisotopic (exact) mass is 188 g/mol. The molecule has 0 N–H and O–H groups in total. The second-order valence-electron chi connectivity index (χ2n) is 3.34. The maximum absolute atomic E-state index is 12.0. The maximum atomic E-state index is 12.0. The molecule has 0 aromatic carbocycles. The summed E-state index contributed by atoms with van der Waals surface area (Å²) in [6.45, 7) is 0. The Balaban J connectivity index is 2.44. The van der Waals surface area contributed by atoms with E-state index in [1.54, 1.807) is 0 Å². The quantitative estimate of drug-likeness (QED) is 0.657. The summed E-state index contributed by atoms with van der Waals surface area (Å²) >= 11 is 0. The van der Waals surface area contributed by atoms with Gasteiger partial charge in [-0.3, -0.25) is 4.79 Å². The topological polar surface area (TPSA) is 26.9 Å². The van der Waals surface area contributed by atoms with Gasteiger partial charge in [0.2, 0.25) is 5.78 Å². The summed E-state index contributed by atoms with van der Waals surface area (Å²) in [5.74, 6) is 0.0602. The van der Waals surface area contributed by atoms with Gasteiger partial charge in [0.15, 0.2) is 0 Å². The molecule has 72 valence electrons. The van der Waals surface area contributed by atoms with E-state index in [-0.39, 0.29) is 5.78 Å². The van der Waals surface area contributed by atoms with Crippen LogP contribution in [0.25, 0.3) is 0 Å². The number of hydrogen-bond acceptors (Lipinski definition) is 1. The molecular weight excluding hydrogens is 176 g/mol. The standard InChI is InChI=1S/C11H12N2O/c1-12-7-3-5-9(12)11(14)10-6-4-8-13(10)2/h3-8H,1-2H3. The van der Waals surface area contributed by atoms with Gasteiger partial charge in [0.25, 0.3) is 0 Å². The van der Waals surface area contributed by atoms with Crippen molar-refractivity contribution in [1.29, 1.82) is 0 Å². The summed E-state index contributed by atoms with van der Waals surface area (Å²) in [6.07, 6.45) is 3.74. The molecule has 0 saturated heterocycles. The van der Waals surface area contributed by atoms with Crippen molar-refractivity contribution in [3.8, 4) is 0 Å². The molecule has 2 aromatic heterocycles. The van der Waals surface area contributed by atoms with Crippen LogP contribution in [0, 0.1) is 0 Å². The minimum atomic E-state index is 0.0602. The Morgan fingerprint density at radius 3 is 1.71 bits per heavy atom. The largest absolute Gasteiger partial charge is 0.348 e. The van der Waals surface area contributed by atoms with Gasteiger partial charge in [-0.1, -0.05) is 0 Å². The number of aryl methyl sites for hydroxylation is 2. The molecule has 3 heteroatoms. The predicted octanol–water partition coefficient (Wildman–Crippen LogP) is 1.59. The molecular formula is C11H12N2O. The van der Waals surface area contributed by atoms with E-state index >= 15 is 0 Å². The van der Waals surface area contributed by atoms with Crippen LogP contribution in [0.4, 0.5) is 0 Å². The Labute approximate surface area is 82.6 Å². The summed E-state index contributed by atoms with van der Waals surface area (Å²) in [5, 5.41) is 0. The number of nitrogens with zero attached hydrogens (tertiary/aromatic N) is 2. The zero-order chi connectivity index (χ0) is 10.1. The first-order valence-corrected chi connectivity index (χ1v) is 4.47. The average Bonchev–Trinajstić information content (AvgIpc) is 2.73. The third-order valence-corrected chi connectivity index (χ3v) is 2.35. The lowest BCUT2D eigenvalue weighted by Gasteiger charge is -2.03. The number of ketones is 1. The van der Waals surface area contributed by atoms with E-state index in [1.807, 2.05) is 59.9 Å². The van der Waals surface area contributed by atoms with Gasteiger partial charge in [0, 0.05) is 26.5 Å². The number of hydrogen-bond donors (Lipinski definition) is 0. The Kier molecular flexibility index (Phi) is 2.00. The van der Waals surface area contributed by atoms with Crippen LogP contribution in [0.5, 0.6) is 0 Å². The Bertz CT molecular complexity index is 423. The molecule has 0 aliphatic rings. The SMILES string of the molecule is Cn1cccc1C(=O)c1cccn1C. The highest BCUT2D eigenvalue weighted by Gasteiger charge is 2.13. The zero-order valence-corrected chi connectivity index (χ0v) is 8.27. The lowest BCUT2D eigenvalue weighted by atomic mass is 10.2. The van der Waals surface area contributed by atoms with Gasteiger partial charge in [0.05, 0.1) is 11.4 Å². The highest BCUT2D eigenvalue weighted by atomic mass is 16.1. The fourth-order valence-corrected chi connectivity index (χ4v) is 1.53. The number of rotatable bonds is 2. The molecule has 2 aromatic rings. The van der Waals surface area contributed by atoms with E-state index in [0.29, 0.717) is 11.4 Å². The minimum Gasteiger partial charge on any atom is -0.348 e. The second-order valence-corrected chi connectivity index (χ2v) is 3.34. The molecule has 0 amide bonds. The lowest BCUT2D eigenvalue weighted by molar-refractivity contribution is 0.102. The summed E-state index contributed by atoms with van der Waals surface area (Å²) in [4.78, 5) is 12.0. The van der Waals surface area contributed by atoms with Gasteiger partial charge in [-0.15, -0.1) is 0 Å². The molecule has 0 unspecified atom stereocenters. The summed E-state index contributed by atoms with van der Waals surface area (Å²) in [7, 11) is 3.74. The fraction of sp³-hybridized carbons (Fsp3) is 0.182. The molecule has 2 rings (SSSR count). The second kappa shape index (κ2) is 3.18. The van der Waals surface area contributed by atoms with Crippen LogP contribution < -0.4 is 0 Å². The van der Waals surface area contributed by atoms with Crippen LogP contribution in [0.15, 0.2) is 36.7 Å². The van der Waals surface area contributed by atoms with Crippen molar-refractivity contribution in [2.24, 2.45) is 14.1 Å².